The summed E-state index contributed by atoms with van der Waals surface area (Å²) in [4.78, 5) is 18.2. The summed E-state index contributed by atoms with van der Waals surface area (Å²) in [5.41, 5.74) is 2.32. The third-order valence-corrected chi connectivity index (χ3v) is 7.46. The number of benzene rings is 2. The minimum Gasteiger partial charge on any atom is -0.492 e. The maximum Gasteiger partial charge on any atom is 0.256 e. The second-order valence-electron chi connectivity index (χ2n) is 7.90. The summed E-state index contributed by atoms with van der Waals surface area (Å²) in [5, 5.41) is 3.61. The molecule has 7 nitrogen and oxygen atoms in total. The Morgan fingerprint density at radius 1 is 1.06 bits per heavy atom. The molecule has 0 radical (unpaired) electrons. The number of amides is 1. The van der Waals surface area contributed by atoms with Crippen LogP contribution < -0.4 is 10.1 Å². The summed E-state index contributed by atoms with van der Waals surface area (Å²) in [6, 6.07) is 13.8. The Balaban J connectivity index is 2.08. The number of ether oxygens (including phenoxy) is 1. The number of sulfonamides is 1. The van der Waals surface area contributed by atoms with Crippen molar-refractivity contribution in [3.05, 3.63) is 59.8 Å². The van der Waals surface area contributed by atoms with Crippen molar-refractivity contribution in [2.24, 2.45) is 0 Å². The Bertz CT molecular complexity index is 1250. The van der Waals surface area contributed by atoms with Gasteiger partial charge in [0, 0.05) is 24.2 Å². The van der Waals surface area contributed by atoms with Crippen LogP contribution in [0.3, 0.4) is 0 Å². The van der Waals surface area contributed by atoms with Crippen molar-refractivity contribution < 1.29 is 17.9 Å². The highest BCUT2D eigenvalue weighted by molar-refractivity contribution is 7.89. The lowest BCUT2D eigenvalue weighted by molar-refractivity contribution is 0.102. The van der Waals surface area contributed by atoms with Gasteiger partial charge in [-0.2, -0.15) is 4.31 Å². The SMILES string of the molecule is CCOc1ccc(S(=O)(=O)N(CC)CC)cc1NC(=O)c1cc(C(C)C)nc2ccccc12. The Morgan fingerprint density at radius 2 is 1.76 bits per heavy atom. The molecule has 2 aromatic carbocycles. The number of hydrogen-bond acceptors (Lipinski definition) is 5. The number of fused-ring (bicyclic) bond motifs is 1. The van der Waals surface area contributed by atoms with Gasteiger partial charge in [0.1, 0.15) is 5.75 Å². The molecular weight excluding hydrogens is 438 g/mol. The van der Waals surface area contributed by atoms with Gasteiger partial charge in [0.15, 0.2) is 0 Å². The topological polar surface area (TPSA) is 88.6 Å². The molecule has 0 unspecified atom stereocenters. The Hall–Kier alpha value is -2.97. The largest absolute Gasteiger partial charge is 0.492 e. The van der Waals surface area contributed by atoms with E-state index in [-0.39, 0.29) is 16.7 Å². The van der Waals surface area contributed by atoms with Crippen molar-refractivity contribution in [1.29, 1.82) is 0 Å². The predicted molar refractivity (Wildman–Crippen MR) is 132 cm³/mol. The van der Waals surface area contributed by atoms with Gasteiger partial charge in [-0.05, 0) is 43.2 Å². The second kappa shape index (κ2) is 10.3. The third kappa shape index (κ3) is 5.17. The number of para-hydroxylation sites is 1. The predicted octanol–water partition coefficient (Wildman–Crippen LogP) is 5.04. The molecule has 0 saturated carbocycles. The van der Waals surface area contributed by atoms with Crippen LogP contribution in [0.4, 0.5) is 5.69 Å². The average molecular weight is 470 g/mol. The highest BCUT2D eigenvalue weighted by atomic mass is 32.2. The molecule has 0 aliphatic heterocycles. The lowest BCUT2D eigenvalue weighted by Crippen LogP contribution is -2.30. The van der Waals surface area contributed by atoms with Gasteiger partial charge in [0.2, 0.25) is 10.0 Å². The molecule has 0 fully saturated rings. The van der Waals surface area contributed by atoms with Gasteiger partial charge < -0.3 is 10.1 Å². The Morgan fingerprint density at radius 3 is 2.39 bits per heavy atom. The number of rotatable bonds is 9. The van der Waals surface area contributed by atoms with Gasteiger partial charge in [0.05, 0.1) is 28.3 Å². The van der Waals surface area contributed by atoms with Crippen molar-refractivity contribution in [3.8, 4) is 5.75 Å². The minimum atomic E-state index is -3.69. The van der Waals surface area contributed by atoms with Crippen LogP contribution in [0, 0.1) is 0 Å². The lowest BCUT2D eigenvalue weighted by Gasteiger charge is -2.20. The summed E-state index contributed by atoms with van der Waals surface area (Å²) >= 11 is 0. The second-order valence-corrected chi connectivity index (χ2v) is 9.84. The lowest BCUT2D eigenvalue weighted by atomic mass is 10.0. The molecule has 3 rings (SSSR count). The fourth-order valence-corrected chi connectivity index (χ4v) is 5.12. The number of carbonyl (C=O) groups is 1. The monoisotopic (exact) mass is 469 g/mol. The van der Waals surface area contributed by atoms with E-state index in [1.54, 1.807) is 26.0 Å². The van der Waals surface area contributed by atoms with E-state index in [0.717, 1.165) is 16.6 Å². The molecular formula is C25H31N3O4S. The Labute approximate surface area is 195 Å². The molecule has 33 heavy (non-hydrogen) atoms. The van der Waals surface area contributed by atoms with Crippen LogP contribution in [0.15, 0.2) is 53.4 Å². The van der Waals surface area contributed by atoms with Crippen molar-refractivity contribution >= 4 is 32.5 Å². The molecule has 0 saturated heterocycles. The van der Waals surface area contributed by atoms with Crippen LogP contribution in [0.25, 0.3) is 10.9 Å². The number of carbonyl (C=O) groups excluding carboxylic acids is 1. The molecule has 8 heteroatoms. The zero-order chi connectivity index (χ0) is 24.2. The number of hydrogen-bond donors (Lipinski definition) is 1. The van der Waals surface area contributed by atoms with Crippen LogP contribution in [-0.4, -0.2) is 43.3 Å². The van der Waals surface area contributed by atoms with Gasteiger partial charge >= 0.3 is 0 Å². The van der Waals surface area contributed by atoms with Crippen molar-refractivity contribution in [3.63, 3.8) is 0 Å². The molecule has 0 spiro atoms. The van der Waals surface area contributed by atoms with Crippen LogP contribution in [0.1, 0.15) is 56.6 Å². The fraction of sp³-hybridized carbons (Fsp3) is 0.360. The van der Waals surface area contributed by atoms with E-state index in [1.807, 2.05) is 45.0 Å². The molecule has 1 amide bonds. The summed E-state index contributed by atoms with van der Waals surface area (Å²) in [6.45, 7) is 10.5. The van der Waals surface area contributed by atoms with E-state index in [1.165, 1.54) is 16.4 Å². The molecule has 1 N–H and O–H groups in total. The normalized spacial score (nSPS) is 11.8. The first kappa shape index (κ1) is 24.7. The molecule has 0 aliphatic carbocycles. The van der Waals surface area contributed by atoms with Crippen molar-refractivity contribution in [1.82, 2.24) is 9.29 Å². The molecule has 3 aromatic rings. The molecule has 1 heterocycles. The maximum atomic E-state index is 13.4. The zero-order valence-electron chi connectivity index (χ0n) is 19.8. The van der Waals surface area contributed by atoms with E-state index in [9.17, 15) is 13.2 Å². The number of pyridine rings is 1. The Kier molecular flexibility index (Phi) is 7.71. The van der Waals surface area contributed by atoms with Gasteiger partial charge in [-0.25, -0.2) is 8.42 Å². The summed E-state index contributed by atoms with van der Waals surface area (Å²) in [5.74, 6) is 0.198. The number of nitrogens with zero attached hydrogens (tertiary/aromatic N) is 2. The standard InChI is InChI=1S/C25H31N3O4S/c1-6-28(7-2)33(30,31)18-13-14-24(32-8-3)23(15-18)27-25(29)20-16-22(17(4)5)26-21-12-10-9-11-19(20)21/h9-17H,6-8H2,1-5H3,(H,27,29). The van der Waals surface area contributed by atoms with E-state index in [0.29, 0.717) is 36.7 Å². The van der Waals surface area contributed by atoms with Gasteiger partial charge in [0.25, 0.3) is 5.91 Å². The molecule has 1 aromatic heterocycles. The first-order valence-electron chi connectivity index (χ1n) is 11.2. The summed E-state index contributed by atoms with van der Waals surface area (Å²) in [7, 11) is -3.69. The van der Waals surface area contributed by atoms with Crippen LogP contribution in [-0.2, 0) is 10.0 Å². The number of aromatic nitrogens is 1. The van der Waals surface area contributed by atoms with E-state index < -0.39 is 10.0 Å². The van der Waals surface area contributed by atoms with E-state index >= 15 is 0 Å². The number of anilines is 1. The molecule has 0 atom stereocenters. The third-order valence-electron chi connectivity index (χ3n) is 5.41. The van der Waals surface area contributed by atoms with Crippen molar-refractivity contribution in [2.45, 2.75) is 45.4 Å². The van der Waals surface area contributed by atoms with Crippen LogP contribution >= 0.6 is 0 Å². The number of nitrogens with one attached hydrogen (secondary N) is 1. The molecule has 176 valence electrons. The average Bonchev–Trinajstić information content (AvgIpc) is 2.80. The summed E-state index contributed by atoms with van der Waals surface area (Å²) in [6.07, 6.45) is 0. The quantitative estimate of drug-likeness (QED) is 0.474. The molecule has 0 aliphatic rings. The van der Waals surface area contributed by atoms with E-state index in [4.69, 9.17) is 4.74 Å². The zero-order valence-corrected chi connectivity index (χ0v) is 20.6. The van der Waals surface area contributed by atoms with Gasteiger partial charge in [-0.1, -0.05) is 45.9 Å². The summed E-state index contributed by atoms with van der Waals surface area (Å²) < 4.78 is 33.1. The van der Waals surface area contributed by atoms with Gasteiger partial charge in [-0.3, -0.25) is 9.78 Å². The highest BCUT2D eigenvalue weighted by Crippen LogP contribution is 2.31. The van der Waals surface area contributed by atoms with Crippen LogP contribution in [0.5, 0.6) is 5.75 Å². The van der Waals surface area contributed by atoms with Crippen LogP contribution in [0.2, 0.25) is 0 Å². The van der Waals surface area contributed by atoms with Gasteiger partial charge in [-0.15, -0.1) is 0 Å². The first-order chi connectivity index (χ1) is 15.7. The highest BCUT2D eigenvalue weighted by Gasteiger charge is 2.24. The maximum absolute atomic E-state index is 13.4. The molecule has 0 bridgehead atoms. The van der Waals surface area contributed by atoms with E-state index in [2.05, 4.69) is 10.3 Å². The minimum absolute atomic E-state index is 0.104. The smallest absolute Gasteiger partial charge is 0.256 e. The fourth-order valence-electron chi connectivity index (χ4n) is 3.63. The first-order valence-corrected chi connectivity index (χ1v) is 12.6. The van der Waals surface area contributed by atoms with Crippen molar-refractivity contribution in [2.75, 3.05) is 25.0 Å².